The van der Waals surface area contributed by atoms with Gasteiger partial charge in [0.15, 0.2) is 11.6 Å². The van der Waals surface area contributed by atoms with Crippen LogP contribution in [0.3, 0.4) is 0 Å². The Morgan fingerprint density at radius 3 is 2.76 bits per heavy atom. The van der Waals surface area contributed by atoms with Crippen molar-refractivity contribution in [2.24, 2.45) is 0 Å². The second-order valence-corrected chi connectivity index (χ2v) is 5.24. The van der Waals surface area contributed by atoms with Crippen molar-refractivity contribution in [1.82, 2.24) is 15.3 Å². The van der Waals surface area contributed by atoms with E-state index in [1.807, 2.05) is 13.8 Å². The second-order valence-electron chi connectivity index (χ2n) is 5.24. The van der Waals surface area contributed by atoms with Crippen LogP contribution in [0.2, 0.25) is 0 Å². The van der Waals surface area contributed by atoms with Crippen LogP contribution in [0.15, 0.2) is 12.1 Å². The molecule has 0 radical (unpaired) electrons. The number of aromatic amines is 1. The van der Waals surface area contributed by atoms with Crippen molar-refractivity contribution >= 4 is 11.0 Å². The lowest BCUT2D eigenvalue weighted by Crippen LogP contribution is -2.20. The van der Waals surface area contributed by atoms with Gasteiger partial charge in [-0.05, 0) is 26.8 Å². The minimum atomic E-state index is -0.871. The Labute approximate surface area is 122 Å². The first-order valence-electron chi connectivity index (χ1n) is 7.22. The fourth-order valence-electron chi connectivity index (χ4n) is 2.02. The normalized spacial score (nSPS) is 11.7. The zero-order chi connectivity index (χ0) is 15.2. The van der Waals surface area contributed by atoms with Crippen LogP contribution in [-0.2, 0) is 11.2 Å². The van der Waals surface area contributed by atoms with E-state index in [0.717, 1.165) is 44.1 Å². The van der Waals surface area contributed by atoms with Gasteiger partial charge in [0.25, 0.3) is 0 Å². The third kappa shape index (κ3) is 4.75. The Morgan fingerprint density at radius 1 is 1.24 bits per heavy atom. The third-order valence-corrected chi connectivity index (χ3v) is 3.06. The van der Waals surface area contributed by atoms with E-state index in [-0.39, 0.29) is 6.10 Å². The van der Waals surface area contributed by atoms with Gasteiger partial charge in [-0.2, -0.15) is 0 Å². The summed E-state index contributed by atoms with van der Waals surface area (Å²) in [6.07, 6.45) is 1.90. The van der Waals surface area contributed by atoms with Gasteiger partial charge < -0.3 is 15.0 Å². The molecule has 0 amide bonds. The summed E-state index contributed by atoms with van der Waals surface area (Å²) in [7, 11) is 0. The van der Waals surface area contributed by atoms with Crippen LogP contribution in [0.1, 0.15) is 26.1 Å². The van der Waals surface area contributed by atoms with E-state index >= 15 is 0 Å². The van der Waals surface area contributed by atoms with Gasteiger partial charge in [0.1, 0.15) is 5.82 Å². The number of hydrogen-bond acceptors (Lipinski definition) is 3. The number of imidazole rings is 1. The lowest BCUT2D eigenvalue weighted by atomic mass is 10.3. The van der Waals surface area contributed by atoms with Gasteiger partial charge in [0.05, 0.1) is 17.1 Å². The van der Waals surface area contributed by atoms with Gasteiger partial charge in [0.2, 0.25) is 0 Å². The molecule has 2 aromatic rings. The molecule has 2 rings (SSSR count). The highest BCUT2D eigenvalue weighted by atomic mass is 19.2. The van der Waals surface area contributed by atoms with E-state index in [1.54, 1.807) is 0 Å². The van der Waals surface area contributed by atoms with Crippen molar-refractivity contribution in [3.8, 4) is 0 Å². The predicted octanol–water partition coefficient (Wildman–Crippen LogP) is 2.79. The van der Waals surface area contributed by atoms with E-state index in [2.05, 4.69) is 15.3 Å². The summed E-state index contributed by atoms with van der Waals surface area (Å²) in [6, 6.07) is 2.25. The molecule has 0 unspecified atom stereocenters. The highest BCUT2D eigenvalue weighted by Crippen LogP contribution is 2.16. The van der Waals surface area contributed by atoms with Crippen molar-refractivity contribution in [1.29, 1.82) is 0 Å². The van der Waals surface area contributed by atoms with E-state index in [4.69, 9.17) is 4.74 Å². The molecule has 0 aliphatic carbocycles. The first kappa shape index (κ1) is 15.9. The third-order valence-electron chi connectivity index (χ3n) is 3.06. The van der Waals surface area contributed by atoms with Gasteiger partial charge in [0, 0.05) is 31.7 Å². The topological polar surface area (TPSA) is 49.9 Å². The summed E-state index contributed by atoms with van der Waals surface area (Å²) in [5, 5.41) is 3.29. The summed E-state index contributed by atoms with van der Waals surface area (Å²) in [4.78, 5) is 7.24. The summed E-state index contributed by atoms with van der Waals surface area (Å²) in [6.45, 7) is 6.40. The fourth-order valence-corrected chi connectivity index (χ4v) is 2.02. The van der Waals surface area contributed by atoms with Gasteiger partial charge >= 0.3 is 0 Å². The molecule has 116 valence electrons. The van der Waals surface area contributed by atoms with E-state index in [1.165, 1.54) is 0 Å². The van der Waals surface area contributed by atoms with Crippen LogP contribution in [0.25, 0.3) is 11.0 Å². The van der Waals surface area contributed by atoms with Crippen LogP contribution >= 0.6 is 0 Å². The first-order valence-corrected chi connectivity index (χ1v) is 7.22. The molecule has 0 spiro atoms. The van der Waals surface area contributed by atoms with Crippen LogP contribution in [0.4, 0.5) is 8.78 Å². The maximum Gasteiger partial charge on any atom is 0.161 e. The standard InChI is InChI=1S/C15H21F2N3O/c1-10(2)21-7-3-5-18-6-4-15-19-13-8-11(16)12(17)9-14(13)20-15/h8-10,18H,3-7H2,1-2H3,(H,19,20). The van der Waals surface area contributed by atoms with Crippen molar-refractivity contribution < 1.29 is 13.5 Å². The number of aromatic nitrogens is 2. The maximum atomic E-state index is 13.1. The highest BCUT2D eigenvalue weighted by Gasteiger charge is 2.08. The Balaban J connectivity index is 1.74. The molecule has 21 heavy (non-hydrogen) atoms. The molecular weight excluding hydrogens is 276 g/mol. The minimum absolute atomic E-state index is 0.265. The molecule has 1 aromatic carbocycles. The number of fused-ring (bicyclic) bond motifs is 1. The minimum Gasteiger partial charge on any atom is -0.379 e. The largest absolute Gasteiger partial charge is 0.379 e. The van der Waals surface area contributed by atoms with Gasteiger partial charge in [-0.1, -0.05) is 0 Å². The summed E-state index contributed by atoms with van der Waals surface area (Å²) >= 11 is 0. The lowest BCUT2D eigenvalue weighted by molar-refractivity contribution is 0.0771. The van der Waals surface area contributed by atoms with E-state index in [9.17, 15) is 8.78 Å². The van der Waals surface area contributed by atoms with Crippen molar-refractivity contribution in [2.45, 2.75) is 32.8 Å². The lowest BCUT2D eigenvalue weighted by Gasteiger charge is -2.07. The van der Waals surface area contributed by atoms with E-state index < -0.39 is 11.6 Å². The summed E-state index contributed by atoms with van der Waals surface area (Å²) in [5.74, 6) is -1.01. The molecule has 1 aromatic heterocycles. The quantitative estimate of drug-likeness (QED) is 0.737. The average Bonchev–Trinajstić information content (AvgIpc) is 2.79. The number of benzene rings is 1. The molecule has 4 nitrogen and oxygen atoms in total. The summed E-state index contributed by atoms with van der Waals surface area (Å²) < 4.78 is 31.6. The average molecular weight is 297 g/mol. The number of halogens is 2. The second kappa shape index (κ2) is 7.47. The predicted molar refractivity (Wildman–Crippen MR) is 78.3 cm³/mol. The molecule has 0 aliphatic rings. The Hall–Kier alpha value is -1.53. The number of hydrogen-bond donors (Lipinski definition) is 2. The molecule has 6 heteroatoms. The van der Waals surface area contributed by atoms with Gasteiger partial charge in [-0.15, -0.1) is 0 Å². The van der Waals surface area contributed by atoms with Gasteiger partial charge in [-0.25, -0.2) is 13.8 Å². The number of rotatable bonds is 8. The van der Waals surface area contributed by atoms with Crippen LogP contribution < -0.4 is 5.32 Å². The Bertz CT molecular complexity index is 545. The number of nitrogens with zero attached hydrogens (tertiary/aromatic N) is 1. The molecule has 0 fully saturated rings. The number of nitrogens with one attached hydrogen (secondary N) is 2. The maximum absolute atomic E-state index is 13.1. The molecule has 0 saturated carbocycles. The molecule has 2 N–H and O–H groups in total. The molecular formula is C15H21F2N3O. The van der Waals surface area contributed by atoms with Crippen molar-refractivity contribution in [2.75, 3.05) is 19.7 Å². The molecule has 0 bridgehead atoms. The van der Waals surface area contributed by atoms with Crippen LogP contribution in [0.5, 0.6) is 0 Å². The summed E-state index contributed by atoms with van der Waals surface area (Å²) in [5.41, 5.74) is 0.975. The van der Waals surface area contributed by atoms with Gasteiger partial charge in [-0.3, -0.25) is 0 Å². The van der Waals surface area contributed by atoms with Crippen molar-refractivity contribution in [3.63, 3.8) is 0 Å². The zero-order valence-corrected chi connectivity index (χ0v) is 12.4. The smallest absolute Gasteiger partial charge is 0.161 e. The monoisotopic (exact) mass is 297 g/mol. The fraction of sp³-hybridized carbons (Fsp3) is 0.533. The Kier molecular flexibility index (Phi) is 5.64. The molecule has 0 saturated heterocycles. The molecule has 0 atom stereocenters. The molecule has 1 heterocycles. The van der Waals surface area contributed by atoms with E-state index in [0.29, 0.717) is 17.5 Å². The van der Waals surface area contributed by atoms with Crippen LogP contribution in [-0.4, -0.2) is 35.8 Å². The highest BCUT2D eigenvalue weighted by molar-refractivity contribution is 5.75. The first-order chi connectivity index (χ1) is 10.1. The molecule has 0 aliphatic heterocycles. The number of ether oxygens (including phenoxy) is 1. The van der Waals surface area contributed by atoms with Crippen LogP contribution in [0, 0.1) is 11.6 Å². The Morgan fingerprint density at radius 2 is 2.00 bits per heavy atom. The zero-order valence-electron chi connectivity index (χ0n) is 12.4. The SMILES string of the molecule is CC(C)OCCCNCCc1nc2cc(F)c(F)cc2[nH]1. The number of H-pyrrole nitrogens is 1. The van der Waals surface area contributed by atoms with Crippen molar-refractivity contribution in [3.05, 3.63) is 29.6 Å².